The molecule has 0 amide bonds. The van der Waals surface area contributed by atoms with Gasteiger partial charge in [0.2, 0.25) is 0 Å². The second kappa shape index (κ2) is 4.28. The highest BCUT2D eigenvalue weighted by molar-refractivity contribution is 6.90. The minimum atomic E-state index is -1.27. The molecule has 2 heteroatoms. The van der Waals surface area contributed by atoms with Crippen LogP contribution in [-0.2, 0) is 6.61 Å². The van der Waals surface area contributed by atoms with E-state index >= 15 is 0 Å². The average Bonchev–Trinajstić information content (AvgIpc) is 2.17. The molecular weight excluding hydrogens is 188 g/mol. The fourth-order valence-corrected chi connectivity index (χ4v) is 3.07. The predicted molar refractivity (Wildman–Crippen MR) is 64.6 cm³/mol. The smallest absolute Gasteiger partial charge is 0.0831 e. The fourth-order valence-electron chi connectivity index (χ4n) is 1.37. The molecular formula is C12H20OSi. The zero-order valence-corrected chi connectivity index (χ0v) is 10.5. The largest absolute Gasteiger partial charge is 0.392 e. The van der Waals surface area contributed by atoms with E-state index in [1.54, 1.807) is 0 Å². The van der Waals surface area contributed by atoms with Crippen LogP contribution in [0.2, 0.25) is 18.6 Å². The Labute approximate surface area is 87.8 Å². The summed E-state index contributed by atoms with van der Waals surface area (Å²) in [4.78, 5) is 0. The van der Waals surface area contributed by atoms with Crippen molar-refractivity contribution in [2.24, 2.45) is 0 Å². The van der Waals surface area contributed by atoms with Gasteiger partial charge in [0.15, 0.2) is 0 Å². The van der Waals surface area contributed by atoms with Crippen LogP contribution in [0.5, 0.6) is 0 Å². The molecule has 0 aliphatic rings. The molecule has 0 bridgehead atoms. The van der Waals surface area contributed by atoms with Crippen LogP contribution in [-0.4, -0.2) is 13.2 Å². The molecule has 1 rings (SSSR count). The first-order chi connectivity index (χ1) is 6.48. The van der Waals surface area contributed by atoms with Crippen molar-refractivity contribution in [2.75, 3.05) is 0 Å². The molecule has 0 saturated carbocycles. The molecule has 0 aliphatic carbocycles. The van der Waals surface area contributed by atoms with Crippen LogP contribution in [0.15, 0.2) is 24.3 Å². The SMILES string of the molecule is CC(C)[Si](C)(C)c1ccc(CO)cc1. The summed E-state index contributed by atoms with van der Waals surface area (Å²) in [5, 5.41) is 10.4. The van der Waals surface area contributed by atoms with Crippen molar-refractivity contribution in [3.8, 4) is 0 Å². The third kappa shape index (κ3) is 2.25. The maximum atomic E-state index is 8.95. The summed E-state index contributed by atoms with van der Waals surface area (Å²) in [5.74, 6) is 0. The van der Waals surface area contributed by atoms with E-state index in [0.717, 1.165) is 11.1 Å². The number of aliphatic hydroxyl groups is 1. The Bertz CT molecular complexity index is 288. The first-order valence-electron chi connectivity index (χ1n) is 5.18. The van der Waals surface area contributed by atoms with E-state index in [9.17, 15) is 0 Å². The molecule has 0 saturated heterocycles. The van der Waals surface area contributed by atoms with Gasteiger partial charge in [0.25, 0.3) is 0 Å². The molecule has 0 atom stereocenters. The number of aliphatic hydroxyl groups excluding tert-OH is 1. The van der Waals surface area contributed by atoms with Gasteiger partial charge in [-0.15, -0.1) is 0 Å². The van der Waals surface area contributed by atoms with E-state index in [4.69, 9.17) is 5.11 Å². The number of hydrogen-bond donors (Lipinski definition) is 1. The van der Waals surface area contributed by atoms with Crippen LogP contribution in [0.1, 0.15) is 19.4 Å². The van der Waals surface area contributed by atoms with Gasteiger partial charge in [-0.05, 0) is 11.1 Å². The van der Waals surface area contributed by atoms with Crippen molar-refractivity contribution in [3.63, 3.8) is 0 Å². The lowest BCUT2D eigenvalue weighted by Gasteiger charge is -2.27. The lowest BCUT2D eigenvalue weighted by Crippen LogP contribution is -2.44. The molecule has 1 aromatic rings. The van der Waals surface area contributed by atoms with Crippen LogP contribution in [0.25, 0.3) is 0 Å². The van der Waals surface area contributed by atoms with Gasteiger partial charge in [0, 0.05) is 0 Å². The number of hydrogen-bond acceptors (Lipinski definition) is 1. The number of rotatable bonds is 3. The van der Waals surface area contributed by atoms with Crippen molar-refractivity contribution in [1.82, 2.24) is 0 Å². The van der Waals surface area contributed by atoms with E-state index in [1.807, 2.05) is 12.1 Å². The molecule has 1 aromatic carbocycles. The van der Waals surface area contributed by atoms with Gasteiger partial charge in [-0.1, -0.05) is 56.4 Å². The molecule has 1 nitrogen and oxygen atoms in total. The van der Waals surface area contributed by atoms with Gasteiger partial charge < -0.3 is 5.11 Å². The molecule has 0 radical (unpaired) electrons. The molecule has 14 heavy (non-hydrogen) atoms. The van der Waals surface area contributed by atoms with E-state index in [2.05, 4.69) is 39.1 Å². The van der Waals surface area contributed by atoms with E-state index in [0.29, 0.717) is 0 Å². The van der Waals surface area contributed by atoms with Crippen molar-refractivity contribution < 1.29 is 5.11 Å². The first kappa shape index (κ1) is 11.5. The van der Waals surface area contributed by atoms with Gasteiger partial charge in [-0.25, -0.2) is 0 Å². The number of benzene rings is 1. The van der Waals surface area contributed by atoms with Gasteiger partial charge in [0.1, 0.15) is 0 Å². The van der Waals surface area contributed by atoms with Gasteiger partial charge in [0.05, 0.1) is 14.7 Å². The van der Waals surface area contributed by atoms with E-state index < -0.39 is 8.07 Å². The molecule has 78 valence electrons. The maximum absolute atomic E-state index is 8.95. The van der Waals surface area contributed by atoms with E-state index in [-0.39, 0.29) is 6.61 Å². The summed E-state index contributed by atoms with van der Waals surface area (Å²) in [6.07, 6.45) is 0. The molecule has 0 fully saturated rings. The second-order valence-electron chi connectivity index (χ2n) is 4.73. The second-order valence-corrected chi connectivity index (χ2v) is 9.91. The van der Waals surface area contributed by atoms with Crippen LogP contribution < -0.4 is 5.19 Å². The third-order valence-corrected chi connectivity index (χ3v) is 8.03. The zero-order chi connectivity index (χ0) is 10.8. The molecule has 0 unspecified atom stereocenters. The minimum Gasteiger partial charge on any atom is -0.392 e. The van der Waals surface area contributed by atoms with Crippen molar-refractivity contribution in [3.05, 3.63) is 29.8 Å². The topological polar surface area (TPSA) is 20.2 Å². The molecule has 0 heterocycles. The Balaban J connectivity index is 2.97. The third-order valence-electron chi connectivity index (χ3n) is 3.32. The quantitative estimate of drug-likeness (QED) is 0.757. The Morgan fingerprint density at radius 3 is 2.00 bits per heavy atom. The van der Waals surface area contributed by atoms with Gasteiger partial charge in [-0.2, -0.15) is 0 Å². The maximum Gasteiger partial charge on any atom is 0.0831 e. The summed E-state index contributed by atoms with van der Waals surface area (Å²) in [6.45, 7) is 9.53. The lowest BCUT2D eigenvalue weighted by atomic mass is 10.2. The Hall–Kier alpha value is -0.603. The van der Waals surface area contributed by atoms with Crippen LogP contribution >= 0.6 is 0 Å². The predicted octanol–water partition coefficient (Wildman–Crippen LogP) is 2.50. The normalized spacial score (nSPS) is 12.1. The summed E-state index contributed by atoms with van der Waals surface area (Å²) >= 11 is 0. The van der Waals surface area contributed by atoms with E-state index in [1.165, 1.54) is 5.19 Å². The summed E-state index contributed by atoms with van der Waals surface area (Å²) < 4.78 is 0. The van der Waals surface area contributed by atoms with Crippen LogP contribution in [0.4, 0.5) is 0 Å². The van der Waals surface area contributed by atoms with Crippen molar-refractivity contribution >= 4 is 13.3 Å². The van der Waals surface area contributed by atoms with Gasteiger partial charge in [-0.3, -0.25) is 0 Å². The summed E-state index contributed by atoms with van der Waals surface area (Å²) in [5.41, 5.74) is 1.75. The monoisotopic (exact) mass is 208 g/mol. The highest BCUT2D eigenvalue weighted by Gasteiger charge is 2.26. The Morgan fingerprint density at radius 2 is 1.64 bits per heavy atom. The highest BCUT2D eigenvalue weighted by atomic mass is 28.3. The fraction of sp³-hybridized carbons (Fsp3) is 0.500. The zero-order valence-electron chi connectivity index (χ0n) is 9.54. The Morgan fingerprint density at radius 1 is 1.14 bits per heavy atom. The van der Waals surface area contributed by atoms with Crippen LogP contribution in [0, 0.1) is 0 Å². The average molecular weight is 208 g/mol. The lowest BCUT2D eigenvalue weighted by molar-refractivity contribution is 0.282. The van der Waals surface area contributed by atoms with Crippen LogP contribution in [0.3, 0.4) is 0 Å². The van der Waals surface area contributed by atoms with Crippen molar-refractivity contribution in [2.45, 2.75) is 39.1 Å². The minimum absolute atomic E-state index is 0.143. The summed E-state index contributed by atoms with van der Waals surface area (Å²) in [6, 6.07) is 8.43. The Kier molecular flexibility index (Phi) is 3.51. The summed E-state index contributed by atoms with van der Waals surface area (Å²) in [7, 11) is -1.27. The molecule has 0 aromatic heterocycles. The van der Waals surface area contributed by atoms with Crippen molar-refractivity contribution in [1.29, 1.82) is 0 Å². The molecule has 0 spiro atoms. The highest BCUT2D eigenvalue weighted by Crippen LogP contribution is 2.20. The first-order valence-corrected chi connectivity index (χ1v) is 8.26. The standard InChI is InChI=1S/C12H20OSi/c1-10(2)14(3,4)12-7-5-11(9-13)6-8-12/h5-8,10,13H,9H2,1-4H3. The molecule has 0 aliphatic heterocycles. The molecule has 1 N–H and O–H groups in total. The van der Waals surface area contributed by atoms with Gasteiger partial charge >= 0.3 is 0 Å².